The number of nitrogens with zero attached hydrogens (tertiary/aromatic N) is 3. The highest BCUT2D eigenvalue weighted by molar-refractivity contribution is 5.97. The molecule has 0 saturated heterocycles. The number of benzene rings is 4. The Morgan fingerprint density at radius 2 is 1.32 bits per heavy atom. The molecular weight excluding hydrogens is 466 g/mol. The summed E-state index contributed by atoms with van der Waals surface area (Å²) in [5, 5.41) is 1.20. The normalized spacial score (nSPS) is 12.6. The van der Waals surface area contributed by atoms with Gasteiger partial charge in [-0.2, -0.15) is 4.57 Å². The molecule has 0 radical (unpaired) electrons. The molecule has 0 amide bonds. The Morgan fingerprint density at radius 3 is 2.13 bits per heavy atom. The predicted octanol–water partition coefficient (Wildman–Crippen LogP) is 7.37. The Labute approximate surface area is 221 Å². The van der Waals surface area contributed by atoms with Gasteiger partial charge in [-0.05, 0) is 41.5 Å². The first-order chi connectivity index (χ1) is 18.8. The van der Waals surface area contributed by atoms with E-state index in [1.165, 1.54) is 10.9 Å². The lowest BCUT2D eigenvalue weighted by atomic mass is 9.97. The highest BCUT2D eigenvalue weighted by Crippen LogP contribution is 2.36. The first-order valence-corrected chi connectivity index (χ1v) is 13.0. The van der Waals surface area contributed by atoms with Crippen LogP contribution in [0.15, 0.2) is 121 Å². The van der Waals surface area contributed by atoms with Crippen LogP contribution in [0.3, 0.4) is 0 Å². The van der Waals surface area contributed by atoms with Crippen molar-refractivity contribution in [1.82, 2.24) is 9.97 Å². The van der Waals surface area contributed by atoms with E-state index in [-0.39, 0.29) is 0 Å². The standard InChI is InChI=1S/C34H26N3O/c1-3-10-24(11-4-1)30-23-31(36-34(35-30)25-12-5-2-6-13-25)27-15-7-14-26(22-27)28-17-18-32-33-29(28)16-8-19-37(33)20-9-21-38-32/h1-8,10-19,22-23H,9,20-21H2/q+1. The van der Waals surface area contributed by atoms with E-state index in [0.29, 0.717) is 0 Å². The van der Waals surface area contributed by atoms with Crippen LogP contribution in [0.25, 0.3) is 55.9 Å². The topological polar surface area (TPSA) is 38.9 Å². The maximum absolute atomic E-state index is 6.08. The fourth-order valence-corrected chi connectivity index (χ4v) is 5.26. The monoisotopic (exact) mass is 492 g/mol. The van der Waals surface area contributed by atoms with Gasteiger partial charge in [-0.1, -0.05) is 78.9 Å². The number of rotatable bonds is 4. The molecule has 1 aliphatic rings. The van der Waals surface area contributed by atoms with Crippen molar-refractivity contribution < 1.29 is 9.30 Å². The molecule has 4 aromatic carbocycles. The zero-order chi connectivity index (χ0) is 25.3. The molecule has 0 unspecified atom stereocenters. The Bertz CT molecular complexity index is 1690. The molecule has 3 heterocycles. The van der Waals surface area contributed by atoms with Gasteiger partial charge in [0.25, 0.3) is 5.52 Å². The van der Waals surface area contributed by atoms with Crippen molar-refractivity contribution in [2.45, 2.75) is 13.0 Å². The van der Waals surface area contributed by atoms with Gasteiger partial charge in [0.2, 0.25) is 0 Å². The molecule has 0 fully saturated rings. The van der Waals surface area contributed by atoms with Crippen molar-refractivity contribution in [3.05, 3.63) is 121 Å². The van der Waals surface area contributed by atoms with Crippen LogP contribution in [0.5, 0.6) is 5.75 Å². The van der Waals surface area contributed by atoms with Crippen LogP contribution >= 0.6 is 0 Å². The molecule has 0 N–H and O–H groups in total. The van der Waals surface area contributed by atoms with Gasteiger partial charge in [0.05, 0.1) is 23.4 Å². The minimum atomic E-state index is 0.721. The number of aromatic nitrogens is 3. The summed E-state index contributed by atoms with van der Waals surface area (Å²) in [6.45, 7) is 1.70. The SMILES string of the molecule is c1ccc(-c2cc(-c3cccc(-c4ccc5c6c4ccc[n+]6CCCO5)c3)nc(-c3ccccc3)n2)cc1. The van der Waals surface area contributed by atoms with Crippen molar-refractivity contribution in [3.8, 4) is 50.8 Å². The summed E-state index contributed by atoms with van der Waals surface area (Å²) >= 11 is 0. The smallest absolute Gasteiger partial charge is 0.255 e. The first-order valence-electron chi connectivity index (χ1n) is 13.0. The van der Waals surface area contributed by atoms with E-state index in [4.69, 9.17) is 14.7 Å². The summed E-state index contributed by atoms with van der Waals surface area (Å²) in [4.78, 5) is 9.96. The van der Waals surface area contributed by atoms with Crippen molar-refractivity contribution in [1.29, 1.82) is 0 Å². The lowest BCUT2D eigenvalue weighted by molar-refractivity contribution is -0.670. The molecule has 4 heteroatoms. The third-order valence-corrected chi connectivity index (χ3v) is 7.09. The second kappa shape index (κ2) is 9.56. The van der Waals surface area contributed by atoms with E-state index in [9.17, 15) is 0 Å². The highest BCUT2D eigenvalue weighted by Gasteiger charge is 2.21. The van der Waals surface area contributed by atoms with Crippen LogP contribution in [-0.4, -0.2) is 16.6 Å². The minimum Gasteiger partial charge on any atom is -0.487 e. The third-order valence-electron chi connectivity index (χ3n) is 7.09. The summed E-state index contributed by atoms with van der Waals surface area (Å²) in [6, 6.07) is 39.8. The number of hydrogen-bond donors (Lipinski definition) is 0. The average molecular weight is 493 g/mol. The second-order valence-electron chi connectivity index (χ2n) is 9.55. The zero-order valence-electron chi connectivity index (χ0n) is 20.9. The van der Waals surface area contributed by atoms with Gasteiger partial charge in [0, 0.05) is 29.2 Å². The fourth-order valence-electron chi connectivity index (χ4n) is 5.26. The van der Waals surface area contributed by atoms with E-state index in [1.54, 1.807) is 0 Å². The molecule has 0 saturated carbocycles. The second-order valence-corrected chi connectivity index (χ2v) is 9.55. The van der Waals surface area contributed by atoms with Gasteiger partial charge in [0.15, 0.2) is 24.3 Å². The van der Waals surface area contributed by atoms with Crippen LogP contribution in [-0.2, 0) is 6.54 Å². The Kier molecular flexibility index (Phi) is 5.63. The molecule has 0 spiro atoms. The van der Waals surface area contributed by atoms with Gasteiger partial charge in [-0.3, -0.25) is 0 Å². The molecule has 4 nitrogen and oxygen atoms in total. The van der Waals surface area contributed by atoms with Crippen molar-refractivity contribution in [2.75, 3.05) is 6.61 Å². The lowest BCUT2D eigenvalue weighted by Gasteiger charge is -2.12. The molecule has 2 aromatic heterocycles. The number of ether oxygens (including phenoxy) is 1. The van der Waals surface area contributed by atoms with Crippen LogP contribution in [0.2, 0.25) is 0 Å². The van der Waals surface area contributed by atoms with E-state index >= 15 is 0 Å². The summed E-state index contributed by atoms with van der Waals surface area (Å²) in [7, 11) is 0. The minimum absolute atomic E-state index is 0.721. The molecule has 182 valence electrons. The van der Waals surface area contributed by atoms with E-state index < -0.39 is 0 Å². The van der Waals surface area contributed by atoms with Crippen LogP contribution in [0, 0.1) is 0 Å². The summed E-state index contributed by atoms with van der Waals surface area (Å²) in [5.74, 6) is 1.67. The third kappa shape index (κ3) is 4.10. The molecule has 7 rings (SSSR count). The number of aryl methyl sites for hydroxylation is 1. The molecule has 38 heavy (non-hydrogen) atoms. The number of hydrogen-bond acceptors (Lipinski definition) is 3. The molecule has 6 aromatic rings. The van der Waals surface area contributed by atoms with Gasteiger partial charge in [-0.25, -0.2) is 9.97 Å². The average Bonchev–Trinajstić information content (AvgIpc) is 3.21. The van der Waals surface area contributed by atoms with Crippen LogP contribution in [0.4, 0.5) is 0 Å². The quantitative estimate of drug-likeness (QED) is 0.241. The predicted molar refractivity (Wildman–Crippen MR) is 152 cm³/mol. The summed E-state index contributed by atoms with van der Waals surface area (Å²) in [5.41, 5.74) is 8.43. The first kappa shape index (κ1) is 22.4. The Morgan fingerprint density at radius 1 is 0.605 bits per heavy atom. The molecular formula is C34H26N3O+. The van der Waals surface area contributed by atoms with Crippen LogP contribution < -0.4 is 9.30 Å². The maximum atomic E-state index is 6.08. The molecule has 1 aliphatic heterocycles. The van der Waals surface area contributed by atoms with E-state index in [0.717, 1.165) is 70.3 Å². The van der Waals surface area contributed by atoms with E-state index in [2.05, 4.69) is 89.6 Å². The van der Waals surface area contributed by atoms with Crippen molar-refractivity contribution in [3.63, 3.8) is 0 Å². The Hall–Kier alpha value is -4.83. The van der Waals surface area contributed by atoms with E-state index in [1.807, 2.05) is 36.4 Å². The highest BCUT2D eigenvalue weighted by atomic mass is 16.5. The fraction of sp³-hybridized carbons (Fsp3) is 0.0882. The van der Waals surface area contributed by atoms with Crippen molar-refractivity contribution >= 4 is 10.9 Å². The largest absolute Gasteiger partial charge is 0.487 e. The van der Waals surface area contributed by atoms with Crippen LogP contribution in [0.1, 0.15) is 6.42 Å². The van der Waals surface area contributed by atoms with Crippen molar-refractivity contribution in [2.24, 2.45) is 0 Å². The van der Waals surface area contributed by atoms with Gasteiger partial charge in [-0.15, -0.1) is 0 Å². The maximum Gasteiger partial charge on any atom is 0.255 e. The van der Waals surface area contributed by atoms with Gasteiger partial charge >= 0.3 is 0 Å². The Balaban J connectivity index is 1.39. The lowest BCUT2D eigenvalue weighted by Crippen LogP contribution is -2.33. The number of pyridine rings is 1. The molecule has 0 aliphatic carbocycles. The summed E-state index contributed by atoms with van der Waals surface area (Å²) in [6.07, 6.45) is 3.16. The van der Waals surface area contributed by atoms with Gasteiger partial charge in [0.1, 0.15) is 0 Å². The zero-order valence-corrected chi connectivity index (χ0v) is 20.9. The molecule has 0 atom stereocenters. The summed E-state index contributed by atoms with van der Waals surface area (Å²) < 4.78 is 8.39. The molecule has 0 bridgehead atoms. The van der Waals surface area contributed by atoms with Gasteiger partial charge < -0.3 is 4.74 Å².